The maximum atomic E-state index is 14.7. The van der Waals surface area contributed by atoms with Crippen LogP contribution < -0.4 is 11.1 Å². The Hall–Kier alpha value is -4.53. The predicted octanol–water partition coefficient (Wildman–Crippen LogP) is 1.81. The molecule has 3 rings (SSSR count). The number of pyridine rings is 1. The van der Waals surface area contributed by atoms with Gasteiger partial charge in [0, 0.05) is 17.4 Å². The number of rotatable bonds is 4. The number of alkyl halides is 2. The lowest BCUT2D eigenvalue weighted by Gasteiger charge is -2.33. The Labute approximate surface area is 201 Å². The number of halogens is 3. The highest BCUT2D eigenvalue weighted by Crippen LogP contribution is 2.44. The first-order valence-corrected chi connectivity index (χ1v) is 9.63. The number of hydrogen-bond donors (Lipinski definition) is 5. The molecule has 1 aliphatic heterocycles. The van der Waals surface area contributed by atoms with Crippen LogP contribution in [-0.2, 0) is 19.9 Å². The van der Waals surface area contributed by atoms with Crippen LogP contribution in [0.4, 0.5) is 18.9 Å². The highest BCUT2D eigenvalue weighted by Gasteiger charge is 2.54. The van der Waals surface area contributed by atoms with E-state index in [9.17, 15) is 22.8 Å². The number of nitrogens with one attached hydrogen (secondary N) is 1. The molecule has 0 saturated heterocycles. The number of nitrogens with two attached hydrogens (primary N) is 1. The average molecular weight is 514 g/mol. The molecule has 1 atom stereocenters. The molecule has 0 bridgehead atoms. The van der Waals surface area contributed by atoms with Gasteiger partial charge in [-0.3, -0.25) is 24.4 Å². The number of carbonyl (C=O) groups excluding carboxylic acids is 1. The second-order valence-electron chi connectivity index (χ2n) is 6.97. The first-order valence-electron chi connectivity index (χ1n) is 9.63. The van der Waals surface area contributed by atoms with Crippen LogP contribution in [0.1, 0.15) is 33.3 Å². The number of aromatic nitrogens is 1. The van der Waals surface area contributed by atoms with Crippen LogP contribution in [0.5, 0.6) is 0 Å². The van der Waals surface area contributed by atoms with Crippen molar-refractivity contribution in [2.45, 2.75) is 18.4 Å². The van der Waals surface area contributed by atoms with Gasteiger partial charge in [-0.25, -0.2) is 18.0 Å². The van der Waals surface area contributed by atoms with E-state index < -0.39 is 41.3 Å². The summed E-state index contributed by atoms with van der Waals surface area (Å²) < 4.78 is 48.8. The smallest absolute Gasteiger partial charge is 0.337 e. The van der Waals surface area contributed by atoms with Crippen LogP contribution in [0.3, 0.4) is 0 Å². The van der Waals surface area contributed by atoms with Gasteiger partial charge in [0.15, 0.2) is 5.54 Å². The van der Waals surface area contributed by atoms with Crippen molar-refractivity contribution < 1.29 is 52.4 Å². The molecule has 2 heterocycles. The molecule has 1 amide bonds. The highest BCUT2D eigenvalue weighted by molar-refractivity contribution is 6.03. The standard InChI is InChI=1S/C19H17F3N4O4.2CH2O2/c1-18(19(21,22)9-30-8-15(23)26-18)12-6-11(3-4-13(12)20)25-16(27)14-5-2-10(7-24-14)17(28)29;2*2-1-3/h2-7H,8-9H2,1H3,(H2,23,26)(H,25,27)(H,28,29);2*1H,(H,2,3). The van der Waals surface area contributed by atoms with Gasteiger partial charge in [0.05, 0.1) is 5.56 Å². The number of carboxylic acids is 1. The van der Waals surface area contributed by atoms with E-state index in [1.807, 2.05) is 0 Å². The predicted molar refractivity (Wildman–Crippen MR) is 118 cm³/mol. The normalized spacial score (nSPS) is 17.9. The SMILES string of the molecule is CC1(c2cc(NC(=O)c3ccc(C(=O)O)cn3)ccc2F)N=C(N)COCC1(F)F.O=CO.O=CO. The third-order valence-electron chi connectivity index (χ3n) is 4.60. The molecule has 1 aliphatic rings. The Morgan fingerprint density at radius 1 is 1.17 bits per heavy atom. The van der Waals surface area contributed by atoms with E-state index in [-0.39, 0.29) is 42.3 Å². The van der Waals surface area contributed by atoms with Gasteiger partial charge in [-0.1, -0.05) is 0 Å². The van der Waals surface area contributed by atoms with Gasteiger partial charge >= 0.3 is 5.97 Å². The second kappa shape index (κ2) is 12.8. The minimum Gasteiger partial charge on any atom is -0.483 e. The van der Waals surface area contributed by atoms with Crippen molar-refractivity contribution in [2.24, 2.45) is 10.7 Å². The molecule has 0 fully saturated rings. The maximum Gasteiger partial charge on any atom is 0.337 e. The summed E-state index contributed by atoms with van der Waals surface area (Å²) in [5, 5.41) is 25.1. The average Bonchev–Trinajstić information content (AvgIpc) is 2.91. The zero-order valence-electron chi connectivity index (χ0n) is 18.5. The summed E-state index contributed by atoms with van der Waals surface area (Å²) in [4.78, 5) is 47.5. The highest BCUT2D eigenvalue weighted by atomic mass is 19.3. The fourth-order valence-corrected chi connectivity index (χ4v) is 2.91. The van der Waals surface area contributed by atoms with Gasteiger partial charge in [0.25, 0.3) is 24.8 Å². The van der Waals surface area contributed by atoms with Crippen molar-refractivity contribution >= 4 is 36.3 Å². The Kier molecular flexibility index (Phi) is 10.5. The van der Waals surface area contributed by atoms with Crippen molar-refractivity contribution in [1.82, 2.24) is 4.98 Å². The number of carbonyl (C=O) groups is 4. The zero-order chi connectivity index (χ0) is 27.5. The van der Waals surface area contributed by atoms with Gasteiger partial charge in [0.2, 0.25) is 0 Å². The van der Waals surface area contributed by atoms with Crippen molar-refractivity contribution in [3.63, 3.8) is 0 Å². The number of amidine groups is 1. The third kappa shape index (κ3) is 7.23. The fourth-order valence-electron chi connectivity index (χ4n) is 2.91. The summed E-state index contributed by atoms with van der Waals surface area (Å²) in [6, 6.07) is 5.51. The van der Waals surface area contributed by atoms with Crippen LogP contribution in [-0.4, -0.2) is 70.1 Å². The molecule has 12 nitrogen and oxygen atoms in total. The summed E-state index contributed by atoms with van der Waals surface area (Å²) in [6.45, 7) is -0.796. The van der Waals surface area contributed by atoms with E-state index in [0.29, 0.717) is 0 Å². The van der Waals surface area contributed by atoms with E-state index in [0.717, 1.165) is 25.3 Å². The largest absolute Gasteiger partial charge is 0.483 e. The minimum atomic E-state index is -3.58. The molecule has 15 heteroatoms. The molecular formula is C21H21F3N4O8. The minimum absolute atomic E-state index is 0.0106. The van der Waals surface area contributed by atoms with Crippen molar-refractivity contribution in [3.8, 4) is 0 Å². The van der Waals surface area contributed by atoms with Gasteiger partial charge < -0.3 is 31.1 Å². The van der Waals surface area contributed by atoms with Crippen molar-refractivity contribution in [2.75, 3.05) is 18.5 Å². The van der Waals surface area contributed by atoms with Crippen molar-refractivity contribution in [1.29, 1.82) is 0 Å². The fraction of sp³-hybridized carbons (Fsp3) is 0.238. The van der Waals surface area contributed by atoms with Crippen molar-refractivity contribution in [3.05, 3.63) is 59.2 Å². The summed E-state index contributed by atoms with van der Waals surface area (Å²) in [7, 11) is 0. The van der Waals surface area contributed by atoms with Gasteiger partial charge in [0.1, 0.15) is 30.6 Å². The number of carboxylic acid groups (broad SMARTS) is 3. The van der Waals surface area contributed by atoms with Gasteiger partial charge in [-0.2, -0.15) is 0 Å². The molecule has 0 spiro atoms. The number of benzene rings is 1. The first-order chi connectivity index (χ1) is 16.9. The van der Waals surface area contributed by atoms with Gasteiger partial charge in [-0.05, 0) is 37.3 Å². The van der Waals surface area contributed by atoms with E-state index in [1.165, 1.54) is 18.2 Å². The zero-order valence-corrected chi connectivity index (χ0v) is 18.5. The first kappa shape index (κ1) is 29.5. The number of aromatic carboxylic acids is 1. The number of nitrogens with zero attached hydrogens (tertiary/aromatic N) is 2. The monoisotopic (exact) mass is 514 g/mol. The molecule has 1 aromatic heterocycles. The molecule has 2 aromatic rings. The number of aliphatic imine (C=N–C) groups is 1. The lowest BCUT2D eigenvalue weighted by atomic mass is 9.85. The summed E-state index contributed by atoms with van der Waals surface area (Å²) in [6.07, 6.45) is 0.998. The molecule has 1 unspecified atom stereocenters. The molecule has 194 valence electrons. The molecule has 6 N–H and O–H groups in total. The summed E-state index contributed by atoms with van der Waals surface area (Å²) >= 11 is 0. The summed E-state index contributed by atoms with van der Waals surface area (Å²) in [5.74, 6) is -6.71. The number of anilines is 1. The summed E-state index contributed by atoms with van der Waals surface area (Å²) in [5.41, 5.74) is 2.53. The lowest BCUT2D eigenvalue weighted by Crippen LogP contribution is -2.45. The Morgan fingerprint density at radius 3 is 2.31 bits per heavy atom. The van der Waals surface area contributed by atoms with Gasteiger partial charge in [-0.15, -0.1) is 0 Å². The molecular weight excluding hydrogens is 493 g/mol. The number of hydrogen-bond acceptors (Lipinski definition) is 8. The van der Waals surface area contributed by atoms with Crippen LogP contribution in [0.2, 0.25) is 0 Å². The topological polar surface area (TPSA) is 201 Å². The molecule has 36 heavy (non-hydrogen) atoms. The Morgan fingerprint density at radius 2 is 1.78 bits per heavy atom. The molecule has 0 aliphatic carbocycles. The Bertz CT molecular complexity index is 1120. The van der Waals surface area contributed by atoms with Crippen LogP contribution in [0, 0.1) is 5.82 Å². The Balaban J connectivity index is 0.000000982. The molecule has 0 saturated carbocycles. The second-order valence-corrected chi connectivity index (χ2v) is 6.97. The third-order valence-corrected chi connectivity index (χ3v) is 4.60. The van der Waals surface area contributed by atoms with E-state index in [1.54, 1.807) is 0 Å². The van der Waals surface area contributed by atoms with E-state index >= 15 is 0 Å². The lowest BCUT2D eigenvalue weighted by molar-refractivity contribution is -0.123. The number of amides is 1. The van der Waals surface area contributed by atoms with Crippen LogP contribution in [0.25, 0.3) is 0 Å². The van der Waals surface area contributed by atoms with E-state index in [2.05, 4.69) is 15.3 Å². The van der Waals surface area contributed by atoms with Crippen LogP contribution in [0.15, 0.2) is 41.5 Å². The number of ether oxygens (including phenoxy) is 1. The maximum absolute atomic E-state index is 14.7. The molecule has 1 aromatic carbocycles. The quantitative estimate of drug-likeness (QED) is 0.375. The van der Waals surface area contributed by atoms with E-state index in [4.69, 9.17) is 35.4 Å². The van der Waals surface area contributed by atoms with Crippen LogP contribution >= 0.6 is 0 Å². The molecule has 0 radical (unpaired) electrons.